The highest BCUT2D eigenvalue weighted by Gasteiger charge is 2.37. The van der Waals surface area contributed by atoms with Crippen LogP contribution in [0.15, 0.2) is 93.1 Å². The van der Waals surface area contributed by atoms with Gasteiger partial charge in [0.1, 0.15) is 5.82 Å². The van der Waals surface area contributed by atoms with Crippen molar-refractivity contribution in [2.75, 3.05) is 0 Å². The number of hydrogen-bond donors (Lipinski definition) is 0. The molecule has 0 bridgehead atoms. The van der Waals surface area contributed by atoms with Crippen molar-refractivity contribution in [2.24, 2.45) is 0 Å². The monoisotopic (exact) mass is 483 g/mol. The molecule has 0 atom stereocenters. The maximum Gasteiger partial charge on any atom is 0.256 e. The maximum absolute atomic E-state index is 14.3. The number of rotatable bonds is 6. The fourth-order valence-corrected chi connectivity index (χ4v) is 6.57. The van der Waals surface area contributed by atoms with Crippen molar-refractivity contribution in [3.05, 3.63) is 94.7 Å². The Hall–Kier alpha value is -2.07. The predicted octanol–water partition coefficient (Wildman–Crippen LogP) is 4.17. The zero-order chi connectivity index (χ0) is 20.4. The van der Waals surface area contributed by atoms with E-state index in [0.717, 1.165) is 6.07 Å². The van der Waals surface area contributed by atoms with Gasteiger partial charge in [-0.2, -0.15) is 0 Å². The Labute approximate surface area is 171 Å². The Morgan fingerprint density at radius 3 is 1.68 bits per heavy atom. The van der Waals surface area contributed by atoms with Crippen molar-refractivity contribution in [1.29, 1.82) is 0 Å². The highest BCUT2D eigenvalue weighted by molar-refractivity contribution is 9.10. The summed E-state index contributed by atoms with van der Waals surface area (Å²) < 4.78 is 67.8. The lowest BCUT2D eigenvalue weighted by molar-refractivity contribution is 0.486. The smallest absolute Gasteiger partial charge is 0.207 e. The molecule has 3 aromatic rings. The first-order valence-electron chi connectivity index (χ1n) is 8.05. The number of halogens is 2. The van der Waals surface area contributed by atoms with E-state index in [0.29, 0.717) is 8.18 Å². The Balaban J connectivity index is 2.18. The minimum atomic E-state index is -4.47. The summed E-state index contributed by atoms with van der Waals surface area (Å²) in [6, 6.07) is 18.3. The Bertz CT molecular complexity index is 1120. The maximum atomic E-state index is 14.3. The molecular formula is C19H15BrFNO4S2. The second-order valence-corrected chi connectivity index (χ2v) is 10.7. The molecule has 0 fully saturated rings. The third kappa shape index (κ3) is 4.17. The van der Waals surface area contributed by atoms with Crippen LogP contribution in [-0.4, -0.2) is 20.5 Å². The van der Waals surface area contributed by atoms with Crippen molar-refractivity contribution in [3.8, 4) is 0 Å². The molecule has 146 valence electrons. The Kier molecular flexibility index (Phi) is 5.99. The summed E-state index contributed by atoms with van der Waals surface area (Å²) >= 11 is 3.19. The molecule has 0 saturated heterocycles. The van der Waals surface area contributed by atoms with E-state index < -0.39 is 32.4 Å². The topological polar surface area (TPSA) is 71.5 Å². The van der Waals surface area contributed by atoms with Crippen LogP contribution in [-0.2, 0) is 26.6 Å². The van der Waals surface area contributed by atoms with Gasteiger partial charge in [-0.15, -0.1) is 0 Å². The van der Waals surface area contributed by atoms with Gasteiger partial charge in [0, 0.05) is 10.0 Å². The normalized spacial score (nSPS) is 12.2. The summed E-state index contributed by atoms with van der Waals surface area (Å²) in [6.45, 7) is -0.681. The summed E-state index contributed by atoms with van der Waals surface area (Å²) in [5.41, 5.74) is -0.0756. The van der Waals surface area contributed by atoms with Crippen LogP contribution >= 0.6 is 15.9 Å². The molecule has 0 amide bonds. The first-order valence-corrected chi connectivity index (χ1v) is 11.7. The van der Waals surface area contributed by atoms with E-state index in [1.54, 1.807) is 12.1 Å². The van der Waals surface area contributed by atoms with Crippen LogP contribution in [0.5, 0.6) is 0 Å². The second kappa shape index (κ2) is 8.12. The van der Waals surface area contributed by atoms with Gasteiger partial charge in [0.05, 0.1) is 16.3 Å². The lowest BCUT2D eigenvalue weighted by Gasteiger charge is -2.22. The molecule has 0 spiro atoms. The third-order valence-corrected chi connectivity index (χ3v) is 8.66. The van der Waals surface area contributed by atoms with Gasteiger partial charge in [0.15, 0.2) is 0 Å². The lowest BCUT2D eigenvalue weighted by Crippen LogP contribution is -2.36. The van der Waals surface area contributed by atoms with Crippen LogP contribution in [0.1, 0.15) is 5.56 Å². The van der Waals surface area contributed by atoms with Gasteiger partial charge in [0.2, 0.25) is 0 Å². The average Bonchev–Trinajstić information content (AvgIpc) is 2.69. The van der Waals surface area contributed by atoms with Crippen LogP contribution in [0.25, 0.3) is 0 Å². The van der Waals surface area contributed by atoms with E-state index in [1.165, 1.54) is 60.7 Å². The highest BCUT2D eigenvalue weighted by atomic mass is 79.9. The Morgan fingerprint density at radius 1 is 0.750 bits per heavy atom. The molecule has 0 aliphatic heterocycles. The van der Waals surface area contributed by atoms with Crippen molar-refractivity contribution in [2.45, 2.75) is 16.3 Å². The minimum Gasteiger partial charge on any atom is -0.207 e. The molecule has 0 aliphatic carbocycles. The zero-order valence-electron chi connectivity index (χ0n) is 14.4. The first-order chi connectivity index (χ1) is 13.2. The van der Waals surface area contributed by atoms with Gasteiger partial charge in [0.25, 0.3) is 20.0 Å². The molecule has 0 unspecified atom stereocenters. The number of sulfonamides is 2. The lowest BCUT2D eigenvalue weighted by atomic mass is 10.2. The van der Waals surface area contributed by atoms with E-state index in [2.05, 4.69) is 15.9 Å². The SMILES string of the molecule is O=S(=O)(c1ccccc1)N(Cc1cc(Br)ccc1F)S(=O)(=O)c1ccccc1. The molecule has 9 heteroatoms. The Morgan fingerprint density at radius 2 is 1.21 bits per heavy atom. The summed E-state index contributed by atoms with van der Waals surface area (Å²) in [7, 11) is -8.94. The van der Waals surface area contributed by atoms with E-state index in [9.17, 15) is 21.2 Å². The standard InChI is InChI=1S/C19H15BrFNO4S2/c20-16-11-12-19(21)15(13-16)14-22(27(23,24)17-7-3-1-4-8-17)28(25,26)18-9-5-2-6-10-18/h1-13H,14H2. The first kappa shape index (κ1) is 20.7. The van der Waals surface area contributed by atoms with Crippen LogP contribution in [0.4, 0.5) is 4.39 Å². The number of nitrogens with zero attached hydrogens (tertiary/aromatic N) is 1. The van der Waals surface area contributed by atoms with E-state index in [1.807, 2.05) is 0 Å². The molecule has 0 heterocycles. The van der Waals surface area contributed by atoms with Crippen LogP contribution in [0.3, 0.4) is 0 Å². The summed E-state index contributed by atoms with van der Waals surface area (Å²) in [5.74, 6) is -0.709. The fourth-order valence-electron chi connectivity index (χ4n) is 2.52. The molecule has 0 aliphatic rings. The van der Waals surface area contributed by atoms with Gasteiger partial charge in [-0.25, -0.2) is 21.2 Å². The number of hydrogen-bond acceptors (Lipinski definition) is 4. The molecule has 28 heavy (non-hydrogen) atoms. The number of benzene rings is 3. The van der Waals surface area contributed by atoms with E-state index in [-0.39, 0.29) is 15.4 Å². The molecule has 0 radical (unpaired) electrons. The van der Waals surface area contributed by atoms with Gasteiger partial charge in [-0.3, -0.25) is 0 Å². The quantitative estimate of drug-likeness (QED) is 0.527. The van der Waals surface area contributed by atoms with Gasteiger partial charge >= 0.3 is 0 Å². The minimum absolute atomic E-state index is 0.0756. The van der Waals surface area contributed by atoms with E-state index in [4.69, 9.17) is 0 Å². The average molecular weight is 484 g/mol. The fraction of sp³-hybridized carbons (Fsp3) is 0.0526. The zero-order valence-corrected chi connectivity index (χ0v) is 17.6. The van der Waals surface area contributed by atoms with Crippen molar-refractivity contribution in [3.63, 3.8) is 0 Å². The molecule has 0 N–H and O–H groups in total. The van der Waals surface area contributed by atoms with Gasteiger partial charge in [-0.05, 0) is 42.5 Å². The molecule has 0 aromatic heterocycles. The second-order valence-electron chi connectivity index (χ2n) is 5.80. The highest BCUT2D eigenvalue weighted by Crippen LogP contribution is 2.28. The van der Waals surface area contributed by atoms with Crippen molar-refractivity contribution in [1.82, 2.24) is 3.71 Å². The molecular weight excluding hydrogens is 469 g/mol. The molecule has 0 saturated carbocycles. The molecule has 3 rings (SSSR count). The summed E-state index contributed by atoms with van der Waals surface area (Å²) in [4.78, 5) is -0.408. The third-order valence-electron chi connectivity index (χ3n) is 3.93. The van der Waals surface area contributed by atoms with Crippen LogP contribution < -0.4 is 0 Å². The predicted molar refractivity (Wildman–Crippen MR) is 107 cm³/mol. The van der Waals surface area contributed by atoms with Gasteiger partial charge in [-0.1, -0.05) is 56.0 Å². The van der Waals surface area contributed by atoms with Crippen molar-refractivity contribution >= 4 is 36.0 Å². The van der Waals surface area contributed by atoms with Crippen LogP contribution in [0, 0.1) is 5.82 Å². The molecule has 3 aromatic carbocycles. The van der Waals surface area contributed by atoms with Gasteiger partial charge < -0.3 is 0 Å². The summed E-state index contributed by atoms with van der Waals surface area (Å²) in [5, 5.41) is 0. The van der Waals surface area contributed by atoms with E-state index >= 15 is 0 Å². The largest absolute Gasteiger partial charge is 0.256 e. The van der Waals surface area contributed by atoms with Crippen LogP contribution in [0.2, 0.25) is 0 Å². The summed E-state index contributed by atoms with van der Waals surface area (Å²) in [6.07, 6.45) is 0. The van der Waals surface area contributed by atoms with Crippen molar-refractivity contribution < 1.29 is 21.2 Å². The molecule has 5 nitrogen and oxygen atoms in total.